The minimum absolute atomic E-state index is 0.0258. The van der Waals surface area contributed by atoms with Gasteiger partial charge in [-0.05, 0) is 17.9 Å². The number of nitrogens with one attached hydrogen (secondary N) is 1. The smallest absolute Gasteiger partial charge is 0.280 e. The van der Waals surface area contributed by atoms with E-state index in [9.17, 15) is 25.0 Å². The minimum Gasteiger partial charge on any atom is -0.394 e. The summed E-state index contributed by atoms with van der Waals surface area (Å²) in [5.41, 5.74) is 10.2. The van der Waals surface area contributed by atoms with Crippen molar-refractivity contribution in [1.82, 2.24) is 34.1 Å². The van der Waals surface area contributed by atoms with Crippen molar-refractivity contribution in [2.24, 2.45) is 0 Å². The third kappa shape index (κ3) is 4.47. The highest BCUT2D eigenvalue weighted by Crippen LogP contribution is 2.57. The van der Waals surface area contributed by atoms with Crippen LogP contribution in [0.25, 0.3) is 22.2 Å². The SMILES string of the molecule is Nc1nc2c(ncn2[C@@H]2OC(CO)[C@@H](O)[C@H]2P(O)(=S)OCC2O[C@@H](n3ccc4c(N)ncnc43)C[C@@H]2O)c(=O)[nH]1. The molecule has 4 aromatic heterocycles. The number of aromatic nitrogens is 7. The van der Waals surface area contributed by atoms with Gasteiger partial charge in [0, 0.05) is 12.6 Å². The molecule has 0 saturated carbocycles. The van der Waals surface area contributed by atoms with Crippen molar-refractivity contribution in [2.75, 3.05) is 24.7 Å². The molecule has 2 saturated heterocycles. The maximum atomic E-state index is 12.3. The van der Waals surface area contributed by atoms with Crippen LogP contribution >= 0.6 is 6.49 Å². The van der Waals surface area contributed by atoms with E-state index in [1.165, 1.54) is 17.2 Å². The highest BCUT2D eigenvalue weighted by atomic mass is 32.5. The number of aliphatic hydroxyl groups is 3. The zero-order valence-electron chi connectivity index (χ0n) is 20.6. The Morgan fingerprint density at radius 3 is 2.75 bits per heavy atom. The first-order chi connectivity index (χ1) is 19.1. The van der Waals surface area contributed by atoms with Crippen molar-refractivity contribution < 1.29 is 34.2 Å². The second-order valence-electron chi connectivity index (χ2n) is 9.52. The number of aliphatic hydroxyl groups excluding tert-OH is 3. The highest BCUT2D eigenvalue weighted by molar-refractivity contribution is 8.09. The number of rotatable bonds is 7. The lowest BCUT2D eigenvalue weighted by atomic mass is 10.2. The quantitative estimate of drug-likeness (QED) is 0.118. The minimum atomic E-state index is -3.93. The van der Waals surface area contributed by atoms with Crippen molar-refractivity contribution in [3.05, 3.63) is 35.3 Å². The largest absolute Gasteiger partial charge is 0.394 e. The molecule has 0 aliphatic carbocycles. The van der Waals surface area contributed by atoms with Gasteiger partial charge < -0.3 is 50.2 Å². The number of nitrogen functional groups attached to an aromatic ring is 2. The van der Waals surface area contributed by atoms with Crippen LogP contribution < -0.4 is 17.0 Å². The van der Waals surface area contributed by atoms with E-state index >= 15 is 0 Å². The number of fused-ring (bicyclic) bond motifs is 2. The fourth-order valence-corrected chi connectivity index (χ4v) is 7.63. The third-order valence-corrected chi connectivity index (χ3v) is 9.98. The van der Waals surface area contributed by atoms with Gasteiger partial charge in [0.05, 0.1) is 37.1 Å². The van der Waals surface area contributed by atoms with Crippen LogP contribution in [-0.4, -0.2) is 97.6 Å². The van der Waals surface area contributed by atoms with Crippen molar-refractivity contribution in [3.63, 3.8) is 0 Å². The van der Waals surface area contributed by atoms with E-state index in [0.717, 1.165) is 0 Å². The summed E-state index contributed by atoms with van der Waals surface area (Å²) in [7, 11) is 0. The second kappa shape index (κ2) is 10.1. The number of nitrogens with two attached hydrogens (primary N) is 2. The van der Waals surface area contributed by atoms with Gasteiger partial charge in [0.25, 0.3) is 5.56 Å². The number of anilines is 2. The number of hydrogen-bond donors (Lipinski definition) is 7. The van der Waals surface area contributed by atoms with Crippen molar-refractivity contribution >= 4 is 52.3 Å². The molecule has 4 aromatic rings. The number of H-pyrrole nitrogens is 1. The molecule has 0 bridgehead atoms. The first-order valence-electron chi connectivity index (χ1n) is 12.1. The van der Waals surface area contributed by atoms with Crippen LogP contribution in [0.3, 0.4) is 0 Å². The number of ether oxygens (including phenoxy) is 2. The molecule has 40 heavy (non-hydrogen) atoms. The monoisotopic (exact) mass is 595 g/mol. The first-order valence-corrected chi connectivity index (χ1v) is 14.9. The summed E-state index contributed by atoms with van der Waals surface area (Å²) in [4.78, 5) is 42.3. The maximum absolute atomic E-state index is 12.3. The summed E-state index contributed by atoms with van der Waals surface area (Å²) < 4.78 is 20.6. The summed E-state index contributed by atoms with van der Waals surface area (Å²) in [5.74, 6) is 0.128. The van der Waals surface area contributed by atoms with E-state index in [4.69, 9.17) is 37.3 Å². The van der Waals surface area contributed by atoms with Gasteiger partial charge in [-0.25, -0.2) is 15.0 Å². The normalized spacial score (nSPS) is 30.4. The van der Waals surface area contributed by atoms with Crippen LogP contribution in [0.5, 0.6) is 0 Å². The van der Waals surface area contributed by atoms with E-state index < -0.39 is 61.2 Å². The molecule has 9 N–H and O–H groups in total. The van der Waals surface area contributed by atoms with Crippen LogP contribution in [0.4, 0.5) is 11.8 Å². The van der Waals surface area contributed by atoms with Crippen LogP contribution in [-0.2, 0) is 25.8 Å². The molecular formula is C21H26N9O8PS. The average molecular weight is 596 g/mol. The molecule has 8 atom stereocenters. The number of imidazole rings is 1. The Balaban J connectivity index is 1.23. The maximum Gasteiger partial charge on any atom is 0.280 e. The van der Waals surface area contributed by atoms with Crippen molar-refractivity contribution in [1.29, 1.82) is 0 Å². The Bertz CT molecular complexity index is 1680. The van der Waals surface area contributed by atoms with E-state index in [1.807, 2.05) is 0 Å². The Hall–Kier alpha value is -3.06. The number of aromatic amines is 1. The van der Waals surface area contributed by atoms with Gasteiger partial charge in [0.2, 0.25) is 5.95 Å². The predicted octanol–water partition coefficient (Wildman–Crippen LogP) is -1.69. The average Bonchev–Trinajstić information content (AvgIpc) is 3.67. The van der Waals surface area contributed by atoms with Crippen LogP contribution in [0.1, 0.15) is 18.9 Å². The number of hydrogen-bond acceptors (Lipinski definition) is 14. The van der Waals surface area contributed by atoms with E-state index in [0.29, 0.717) is 16.9 Å². The van der Waals surface area contributed by atoms with Crippen LogP contribution in [0.15, 0.2) is 29.7 Å². The Morgan fingerprint density at radius 1 is 1.18 bits per heavy atom. The number of nitrogens with zero attached hydrogens (tertiary/aromatic N) is 6. The summed E-state index contributed by atoms with van der Waals surface area (Å²) in [6.07, 6.45) is -1.75. The Morgan fingerprint density at radius 2 is 1.98 bits per heavy atom. The summed E-state index contributed by atoms with van der Waals surface area (Å²) in [6.45, 7) is -4.83. The molecule has 0 spiro atoms. The van der Waals surface area contributed by atoms with Crippen LogP contribution in [0, 0.1) is 0 Å². The molecule has 17 nitrogen and oxygen atoms in total. The molecule has 6 rings (SSSR count). The van der Waals surface area contributed by atoms with E-state index in [-0.39, 0.29) is 30.1 Å². The lowest BCUT2D eigenvalue weighted by Crippen LogP contribution is -2.35. The van der Waals surface area contributed by atoms with Gasteiger partial charge in [0.15, 0.2) is 23.9 Å². The molecule has 2 aliphatic rings. The van der Waals surface area contributed by atoms with Gasteiger partial charge in [-0.1, -0.05) is 0 Å². The highest BCUT2D eigenvalue weighted by Gasteiger charge is 2.53. The summed E-state index contributed by atoms with van der Waals surface area (Å²) in [6, 6.07) is 1.74. The molecule has 0 radical (unpaired) electrons. The molecule has 3 unspecified atom stereocenters. The molecule has 214 valence electrons. The summed E-state index contributed by atoms with van der Waals surface area (Å²) in [5, 5.41) is 32.1. The Labute approximate surface area is 229 Å². The molecular weight excluding hydrogens is 569 g/mol. The molecule has 0 amide bonds. The zero-order chi connectivity index (χ0) is 28.3. The van der Waals surface area contributed by atoms with E-state index in [2.05, 4.69) is 24.9 Å². The zero-order valence-corrected chi connectivity index (χ0v) is 22.3. The molecule has 0 aromatic carbocycles. The lowest BCUT2D eigenvalue weighted by molar-refractivity contribution is -0.0438. The second-order valence-corrected chi connectivity index (χ2v) is 13.1. The molecule has 19 heteroatoms. The Kier molecular flexibility index (Phi) is 6.84. The molecule has 6 heterocycles. The fraction of sp³-hybridized carbons (Fsp3) is 0.476. The molecule has 2 aliphatic heterocycles. The van der Waals surface area contributed by atoms with Crippen molar-refractivity contribution in [3.8, 4) is 0 Å². The van der Waals surface area contributed by atoms with Gasteiger partial charge in [-0.15, -0.1) is 0 Å². The van der Waals surface area contributed by atoms with Gasteiger partial charge in [0.1, 0.15) is 41.9 Å². The lowest BCUT2D eigenvalue weighted by Gasteiger charge is -2.30. The van der Waals surface area contributed by atoms with Gasteiger partial charge in [-0.3, -0.25) is 14.3 Å². The standard InChI is InChI=1S/C21H26N9O8PS/c22-16-8-1-2-29(17(8)25-6-24-16)12-3-9(32)11(37-12)5-36-39(35,40)15-14(33)10(4-31)38-20(15)30-7-26-13-18(30)27-21(23)28-19(13)34/h1-2,6-7,9-12,14-15,20,31-33H,3-5H2,(H,35,40)(H2,22,24,25)(H3,23,27,28,34)/t9-,10?,11?,12+,14+,15+,20+,39?/m0/s1. The fourth-order valence-electron chi connectivity index (χ4n) is 5.12. The van der Waals surface area contributed by atoms with E-state index in [1.54, 1.807) is 16.8 Å². The van der Waals surface area contributed by atoms with Crippen LogP contribution in [0.2, 0.25) is 0 Å². The topological polar surface area (TPSA) is 255 Å². The van der Waals surface area contributed by atoms with Crippen molar-refractivity contribution in [2.45, 2.75) is 49.0 Å². The summed E-state index contributed by atoms with van der Waals surface area (Å²) >= 11 is 5.47. The molecule has 2 fully saturated rings. The first kappa shape index (κ1) is 27.1. The predicted molar refractivity (Wildman–Crippen MR) is 142 cm³/mol. The van der Waals surface area contributed by atoms with Gasteiger partial charge >= 0.3 is 0 Å². The third-order valence-electron chi connectivity index (χ3n) is 7.10. The van der Waals surface area contributed by atoms with Gasteiger partial charge in [-0.2, -0.15) is 4.98 Å².